The zero-order valence-electron chi connectivity index (χ0n) is 13.7. The number of ether oxygens (including phenoxy) is 1. The first-order valence-corrected chi connectivity index (χ1v) is 8.32. The highest BCUT2D eigenvalue weighted by Gasteiger charge is 2.15. The number of halogens is 1. The maximum absolute atomic E-state index is 12.2. The van der Waals surface area contributed by atoms with Gasteiger partial charge < -0.3 is 4.74 Å². The molecule has 0 atom stereocenters. The van der Waals surface area contributed by atoms with E-state index in [1.165, 1.54) is 9.36 Å². The molecule has 0 N–H and O–H groups in total. The van der Waals surface area contributed by atoms with Crippen molar-refractivity contribution in [3.8, 4) is 23.3 Å². The summed E-state index contributed by atoms with van der Waals surface area (Å²) in [5.74, 6) is 6.65. The SMILES string of the molecule is CC#Cc1cccc(-n2nnn(C)c2=O)c1COc1ccccc1Br. The molecule has 0 unspecified atom stereocenters. The molecule has 1 aromatic heterocycles. The fourth-order valence-electron chi connectivity index (χ4n) is 2.35. The average Bonchev–Trinajstić information content (AvgIpc) is 2.94. The number of aromatic nitrogens is 4. The molecule has 0 aliphatic carbocycles. The molecule has 0 aliphatic heterocycles. The second kappa shape index (κ2) is 7.36. The molecule has 0 amide bonds. The van der Waals surface area contributed by atoms with Gasteiger partial charge in [-0.2, -0.15) is 9.36 Å². The fourth-order valence-corrected chi connectivity index (χ4v) is 2.75. The lowest BCUT2D eigenvalue weighted by atomic mass is 10.1. The van der Waals surface area contributed by atoms with Crippen LogP contribution in [0, 0.1) is 11.8 Å². The average molecular weight is 399 g/mol. The Labute approximate surface area is 153 Å². The van der Waals surface area contributed by atoms with Crippen LogP contribution in [0.2, 0.25) is 0 Å². The van der Waals surface area contributed by atoms with Crippen LogP contribution in [-0.2, 0) is 13.7 Å². The monoisotopic (exact) mass is 398 g/mol. The molecule has 1 heterocycles. The summed E-state index contributed by atoms with van der Waals surface area (Å²) in [6, 6.07) is 13.1. The Morgan fingerprint density at radius 1 is 1.16 bits per heavy atom. The van der Waals surface area contributed by atoms with Gasteiger partial charge in [0, 0.05) is 18.2 Å². The van der Waals surface area contributed by atoms with Gasteiger partial charge in [-0.25, -0.2) is 4.79 Å². The topological polar surface area (TPSA) is 61.9 Å². The van der Waals surface area contributed by atoms with Crippen LogP contribution in [-0.4, -0.2) is 19.8 Å². The van der Waals surface area contributed by atoms with E-state index in [4.69, 9.17) is 4.74 Å². The molecule has 2 aromatic carbocycles. The molecule has 0 bridgehead atoms. The number of nitrogens with zero attached hydrogens (tertiary/aromatic N) is 4. The van der Waals surface area contributed by atoms with Crippen LogP contribution in [0.25, 0.3) is 5.69 Å². The molecule has 0 aliphatic rings. The molecule has 3 rings (SSSR count). The molecule has 0 saturated carbocycles. The molecule has 0 spiro atoms. The van der Waals surface area contributed by atoms with Gasteiger partial charge in [-0.15, -0.1) is 5.92 Å². The van der Waals surface area contributed by atoms with Gasteiger partial charge in [0.25, 0.3) is 0 Å². The first kappa shape index (κ1) is 17.0. The van der Waals surface area contributed by atoms with E-state index in [0.717, 1.165) is 15.6 Å². The minimum absolute atomic E-state index is 0.242. The van der Waals surface area contributed by atoms with Crippen LogP contribution in [0.3, 0.4) is 0 Å². The van der Waals surface area contributed by atoms with Crippen molar-refractivity contribution in [3.05, 3.63) is 68.5 Å². The van der Waals surface area contributed by atoms with Gasteiger partial charge in [0.2, 0.25) is 0 Å². The van der Waals surface area contributed by atoms with E-state index in [0.29, 0.717) is 11.4 Å². The molecule has 0 saturated heterocycles. The predicted molar refractivity (Wildman–Crippen MR) is 97.6 cm³/mol. The van der Waals surface area contributed by atoms with Crippen LogP contribution in [0.1, 0.15) is 18.1 Å². The van der Waals surface area contributed by atoms with Crippen molar-refractivity contribution in [3.63, 3.8) is 0 Å². The minimum Gasteiger partial charge on any atom is -0.488 e. The first-order valence-electron chi connectivity index (χ1n) is 7.53. The zero-order valence-corrected chi connectivity index (χ0v) is 15.3. The third kappa shape index (κ3) is 3.49. The van der Waals surface area contributed by atoms with E-state index in [1.54, 1.807) is 20.0 Å². The summed E-state index contributed by atoms with van der Waals surface area (Å²) >= 11 is 3.46. The Kier molecular flexibility index (Phi) is 5.00. The quantitative estimate of drug-likeness (QED) is 0.633. The predicted octanol–water partition coefficient (Wildman–Crippen LogP) is 2.68. The molecular weight excluding hydrogens is 384 g/mol. The zero-order chi connectivity index (χ0) is 17.8. The Bertz CT molecular complexity index is 1030. The molecule has 7 heteroatoms. The Hall–Kier alpha value is -2.85. The molecule has 0 radical (unpaired) electrons. The standard InChI is InChI=1S/C18H15BrN4O2/c1-3-7-13-8-6-10-16(23-18(24)22(2)20-21-23)14(13)12-25-17-11-5-4-9-15(17)19/h4-6,8-11H,12H2,1-2H3. The maximum atomic E-state index is 12.2. The van der Waals surface area contributed by atoms with E-state index < -0.39 is 0 Å². The van der Waals surface area contributed by atoms with Gasteiger partial charge >= 0.3 is 5.69 Å². The van der Waals surface area contributed by atoms with Gasteiger partial charge in [0.1, 0.15) is 12.4 Å². The number of aryl methyl sites for hydroxylation is 1. The Balaban J connectivity index is 2.06. The number of rotatable bonds is 4. The Morgan fingerprint density at radius 3 is 2.64 bits per heavy atom. The normalized spacial score (nSPS) is 10.2. The van der Waals surface area contributed by atoms with Crippen LogP contribution >= 0.6 is 15.9 Å². The second-order valence-electron chi connectivity index (χ2n) is 5.19. The van der Waals surface area contributed by atoms with Gasteiger partial charge in [0.15, 0.2) is 0 Å². The first-order chi connectivity index (χ1) is 12.1. The van der Waals surface area contributed by atoms with Gasteiger partial charge in [-0.1, -0.05) is 24.1 Å². The lowest BCUT2D eigenvalue weighted by Crippen LogP contribution is -2.23. The summed E-state index contributed by atoms with van der Waals surface area (Å²) in [5, 5.41) is 7.70. The van der Waals surface area contributed by atoms with Crippen molar-refractivity contribution < 1.29 is 4.74 Å². The highest BCUT2D eigenvalue weighted by Crippen LogP contribution is 2.26. The van der Waals surface area contributed by atoms with Crippen LogP contribution in [0.5, 0.6) is 5.75 Å². The minimum atomic E-state index is -0.330. The van der Waals surface area contributed by atoms with E-state index in [9.17, 15) is 4.79 Å². The van der Waals surface area contributed by atoms with Crippen molar-refractivity contribution >= 4 is 15.9 Å². The molecule has 25 heavy (non-hydrogen) atoms. The van der Waals surface area contributed by atoms with Crippen molar-refractivity contribution in [1.29, 1.82) is 0 Å². The summed E-state index contributed by atoms with van der Waals surface area (Å²) in [7, 11) is 1.55. The third-order valence-corrected chi connectivity index (χ3v) is 4.22. The number of hydrogen-bond donors (Lipinski definition) is 0. The number of hydrogen-bond acceptors (Lipinski definition) is 4. The van der Waals surface area contributed by atoms with E-state index in [1.807, 2.05) is 36.4 Å². The number of para-hydroxylation sites is 1. The molecule has 126 valence electrons. The lowest BCUT2D eigenvalue weighted by molar-refractivity contribution is 0.303. The van der Waals surface area contributed by atoms with Crippen molar-refractivity contribution in [2.45, 2.75) is 13.5 Å². The summed E-state index contributed by atoms with van der Waals surface area (Å²) in [5.41, 5.74) is 1.83. The molecule has 6 nitrogen and oxygen atoms in total. The van der Waals surface area contributed by atoms with Crippen LogP contribution < -0.4 is 10.4 Å². The molecule has 0 fully saturated rings. The summed E-state index contributed by atoms with van der Waals surface area (Å²) in [6.45, 7) is 2.01. The van der Waals surface area contributed by atoms with Crippen molar-refractivity contribution in [1.82, 2.24) is 19.8 Å². The van der Waals surface area contributed by atoms with Crippen molar-refractivity contribution in [2.24, 2.45) is 7.05 Å². The summed E-state index contributed by atoms with van der Waals surface area (Å²) < 4.78 is 9.21. The highest BCUT2D eigenvalue weighted by molar-refractivity contribution is 9.10. The van der Waals surface area contributed by atoms with Gasteiger partial charge in [-0.05, 0) is 57.5 Å². The number of benzene rings is 2. The van der Waals surface area contributed by atoms with E-state index in [2.05, 4.69) is 38.2 Å². The molecular formula is C18H15BrN4O2. The molecule has 3 aromatic rings. The number of tetrazole rings is 1. The van der Waals surface area contributed by atoms with E-state index in [-0.39, 0.29) is 12.3 Å². The van der Waals surface area contributed by atoms with Gasteiger partial charge in [-0.3, -0.25) is 0 Å². The Morgan fingerprint density at radius 2 is 1.96 bits per heavy atom. The highest BCUT2D eigenvalue weighted by atomic mass is 79.9. The third-order valence-electron chi connectivity index (χ3n) is 3.57. The van der Waals surface area contributed by atoms with Crippen LogP contribution in [0.4, 0.5) is 0 Å². The summed E-state index contributed by atoms with van der Waals surface area (Å²) in [4.78, 5) is 12.2. The van der Waals surface area contributed by atoms with Gasteiger partial charge in [0.05, 0.1) is 10.2 Å². The maximum Gasteiger partial charge on any atom is 0.368 e. The van der Waals surface area contributed by atoms with Crippen LogP contribution in [0.15, 0.2) is 51.7 Å². The largest absolute Gasteiger partial charge is 0.488 e. The summed E-state index contributed by atoms with van der Waals surface area (Å²) in [6.07, 6.45) is 0. The van der Waals surface area contributed by atoms with Crippen molar-refractivity contribution in [2.75, 3.05) is 0 Å². The fraction of sp³-hybridized carbons (Fsp3) is 0.167. The smallest absolute Gasteiger partial charge is 0.368 e. The second-order valence-corrected chi connectivity index (χ2v) is 6.05. The van der Waals surface area contributed by atoms with E-state index >= 15 is 0 Å². The lowest BCUT2D eigenvalue weighted by Gasteiger charge is -2.13.